The Morgan fingerprint density at radius 2 is 1.93 bits per heavy atom. The number of hydrogen-bond donors (Lipinski definition) is 2. The van der Waals surface area contributed by atoms with Crippen LogP contribution in [-0.2, 0) is 13.0 Å². The van der Waals surface area contributed by atoms with E-state index in [4.69, 9.17) is 4.74 Å². The van der Waals surface area contributed by atoms with Gasteiger partial charge in [0.1, 0.15) is 11.4 Å². The first-order valence-electron chi connectivity index (χ1n) is 9.98. The highest BCUT2D eigenvalue weighted by Crippen LogP contribution is 2.45. The maximum Gasteiger partial charge on any atom is 0.125 e. The fourth-order valence-corrected chi connectivity index (χ4v) is 4.07. The van der Waals surface area contributed by atoms with Crippen LogP contribution in [-0.4, -0.2) is 22.2 Å². The molecule has 4 rings (SSSR count). The molecule has 4 nitrogen and oxygen atoms in total. The maximum atomic E-state index is 9.68. The standard InChI is InChI=1S/C24H28N2O2/c1-16-23(26-11-9-17-7-5-4-6-8-17)20-13-21-19(18(15-27)10-12-25-21)14-22(20)28-24(16,2)3/h4-8,10,12-14,16,23,26-27H,9,11,15H2,1-3H3/t16-,23-/m1/s1. The molecule has 0 saturated heterocycles. The van der Waals surface area contributed by atoms with Crippen molar-refractivity contribution in [2.24, 2.45) is 5.92 Å². The molecule has 146 valence electrons. The van der Waals surface area contributed by atoms with Crippen molar-refractivity contribution in [3.8, 4) is 5.75 Å². The summed E-state index contributed by atoms with van der Waals surface area (Å²) < 4.78 is 6.38. The zero-order valence-corrected chi connectivity index (χ0v) is 16.8. The normalized spacial score (nSPS) is 20.6. The number of benzene rings is 2. The van der Waals surface area contributed by atoms with Crippen molar-refractivity contribution in [1.29, 1.82) is 0 Å². The summed E-state index contributed by atoms with van der Waals surface area (Å²) in [5, 5.41) is 14.4. The molecule has 0 aliphatic carbocycles. The zero-order valence-electron chi connectivity index (χ0n) is 16.8. The summed E-state index contributed by atoms with van der Waals surface area (Å²) in [6.07, 6.45) is 2.75. The number of rotatable bonds is 5. The van der Waals surface area contributed by atoms with Gasteiger partial charge in [0, 0.05) is 29.1 Å². The van der Waals surface area contributed by atoms with Gasteiger partial charge in [0.2, 0.25) is 0 Å². The van der Waals surface area contributed by atoms with Gasteiger partial charge in [0.05, 0.1) is 12.1 Å². The maximum absolute atomic E-state index is 9.68. The van der Waals surface area contributed by atoms with Crippen molar-refractivity contribution in [2.45, 2.75) is 45.4 Å². The van der Waals surface area contributed by atoms with Crippen LogP contribution in [0.25, 0.3) is 10.9 Å². The van der Waals surface area contributed by atoms with Crippen LogP contribution >= 0.6 is 0 Å². The first-order valence-corrected chi connectivity index (χ1v) is 9.98. The van der Waals surface area contributed by atoms with Crippen molar-refractivity contribution < 1.29 is 9.84 Å². The fraction of sp³-hybridized carbons (Fsp3) is 0.375. The van der Waals surface area contributed by atoms with Crippen LogP contribution < -0.4 is 10.1 Å². The van der Waals surface area contributed by atoms with Crippen LogP contribution in [0.5, 0.6) is 5.75 Å². The van der Waals surface area contributed by atoms with Gasteiger partial charge < -0.3 is 15.2 Å². The second kappa shape index (κ2) is 7.53. The van der Waals surface area contributed by atoms with E-state index in [9.17, 15) is 5.11 Å². The van der Waals surface area contributed by atoms with E-state index in [2.05, 4.69) is 67.5 Å². The van der Waals surface area contributed by atoms with Crippen LogP contribution in [0.1, 0.15) is 43.5 Å². The Labute approximate surface area is 166 Å². The Bertz CT molecular complexity index is 969. The topological polar surface area (TPSA) is 54.4 Å². The molecular formula is C24H28N2O2. The third kappa shape index (κ3) is 3.50. The highest BCUT2D eigenvalue weighted by Gasteiger charge is 2.41. The highest BCUT2D eigenvalue weighted by atomic mass is 16.5. The van der Waals surface area contributed by atoms with Crippen LogP contribution in [0.15, 0.2) is 54.7 Å². The van der Waals surface area contributed by atoms with Crippen molar-refractivity contribution in [2.75, 3.05) is 6.54 Å². The number of nitrogens with one attached hydrogen (secondary N) is 1. The van der Waals surface area contributed by atoms with Crippen molar-refractivity contribution in [3.63, 3.8) is 0 Å². The summed E-state index contributed by atoms with van der Waals surface area (Å²) in [5.74, 6) is 1.18. The Morgan fingerprint density at radius 1 is 1.14 bits per heavy atom. The molecule has 4 heteroatoms. The van der Waals surface area contributed by atoms with Crippen LogP contribution in [0.4, 0.5) is 0 Å². The smallest absolute Gasteiger partial charge is 0.125 e. The Balaban J connectivity index is 1.67. The summed E-state index contributed by atoms with van der Waals surface area (Å²) in [6, 6.07) is 16.8. The lowest BCUT2D eigenvalue weighted by Crippen LogP contribution is -2.47. The van der Waals surface area contributed by atoms with E-state index in [0.29, 0.717) is 5.92 Å². The number of aromatic nitrogens is 1. The van der Waals surface area contributed by atoms with E-state index in [1.807, 2.05) is 12.1 Å². The number of aliphatic hydroxyl groups is 1. The number of fused-ring (bicyclic) bond motifs is 2. The monoisotopic (exact) mass is 376 g/mol. The molecule has 1 aromatic heterocycles. The lowest BCUT2D eigenvalue weighted by Gasteiger charge is -2.44. The third-order valence-corrected chi connectivity index (χ3v) is 6.06. The average Bonchev–Trinajstić information content (AvgIpc) is 2.70. The molecule has 1 aliphatic heterocycles. The number of aliphatic hydroxyl groups excluding tert-OH is 1. The van der Waals surface area contributed by atoms with Gasteiger partial charge in [-0.25, -0.2) is 0 Å². The molecule has 0 unspecified atom stereocenters. The lowest BCUT2D eigenvalue weighted by molar-refractivity contribution is 0.0123. The molecule has 28 heavy (non-hydrogen) atoms. The van der Waals surface area contributed by atoms with E-state index in [-0.39, 0.29) is 18.2 Å². The molecule has 1 aliphatic rings. The third-order valence-electron chi connectivity index (χ3n) is 6.06. The summed E-state index contributed by atoms with van der Waals surface area (Å²) in [6.45, 7) is 7.43. The minimum absolute atomic E-state index is 0.00361. The van der Waals surface area contributed by atoms with Crippen molar-refractivity contribution in [3.05, 3.63) is 71.4 Å². The lowest BCUT2D eigenvalue weighted by atomic mass is 9.79. The minimum atomic E-state index is -0.285. The largest absolute Gasteiger partial charge is 0.487 e. The van der Waals surface area contributed by atoms with E-state index in [1.165, 1.54) is 5.56 Å². The van der Waals surface area contributed by atoms with Crippen LogP contribution in [0, 0.1) is 5.92 Å². The van der Waals surface area contributed by atoms with Gasteiger partial charge in [0.15, 0.2) is 0 Å². The van der Waals surface area contributed by atoms with Gasteiger partial charge in [-0.2, -0.15) is 0 Å². The van der Waals surface area contributed by atoms with E-state index < -0.39 is 0 Å². The highest BCUT2D eigenvalue weighted by molar-refractivity contribution is 5.85. The number of pyridine rings is 1. The first-order chi connectivity index (χ1) is 13.5. The predicted octanol–water partition coefficient (Wildman–Crippen LogP) is 4.41. The second-order valence-electron chi connectivity index (χ2n) is 8.20. The zero-order chi connectivity index (χ0) is 19.7. The van der Waals surface area contributed by atoms with E-state index >= 15 is 0 Å². The average molecular weight is 377 g/mol. The van der Waals surface area contributed by atoms with Crippen LogP contribution in [0.2, 0.25) is 0 Å². The number of nitrogens with zero attached hydrogens (tertiary/aromatic N) is 1. The number of hydrogen-bond acceptors (Lipinski definition) is 4. The fourth-order valence-electron chi connectivity index (χ4n) is 4.07. The molecule has 2 N–H and O–H groups in total. The Morgan fingerprint density at radius 3 is 2.68 bits per heavy atom. The van der Waals surface area contributed by atoms with Gasteiger partial charge in [-0.15, -0.1) is 0 Å². The molecule has 2 aromatic carbocycles. The van der Waals surface area contributed by atoms with Crippen molar-refractivity contribution >= 4 is 10.9 Å². The van der Waals surface area contributed by atoms with Crippen molar-refractivity contribution in [1.82, 2.24) is 10.3 Å². The first kappa shape index (κ1) is 18.9. The minimum Gasteiger partial charge on any atom is -0.487 e. The molecule has 2 atom stereocenters. The second-order valence-corrected chi connectivity index (χ2v) is 8.20. The molecule has 0 saturated carbocycles. The molecular weight excluding hydrogens is 348 g/mol. The molecule has 0 fully saturated rings. The van der Waals surface area contributed by atoms with Gasteiger partial charge in [-0.3, -0.25) is 4.98 Å². The van der Waals surface area contributed by atoms with E-state index in [0.717, 1.165) is 40.7 Å². The molecule has 0 radical (unpaired) electrons. The molecule has 2 heterocycles. The molecule has 0 amide bonds. The molecule has 0 spiro atoms. The SMILES string of the molecule is C[C@@H]1[C@@H](NCCc2ccccc2)c2cc3nccc(CO)c3cc2OC1(C)C. The van der Waals surface area contributed by atoms with Gasteiger partial charge >= 0.3 is 0 Å². The summed E-state index contributed by atoms with van der Waals surface area (Å²) in [5.41, 5.74) is 3.97. The van der Waals surface area contributed by atoms with Crippen LogP contribution in [0.3, 0.4) is 0 Å². The summed E-state index contributed by atoms with van der Waals surface area (Å²) in [7, 11) is 0. The van der Waals surface area contributed by atoms with Gasteiger partial charge in [0.25, 0.3) is 0 Å². The molecule has 3 aromatic rings. The Hall–Kier alpha value is -2.43. The van der Waals surface area contributed by atoms with Gasteiger partial charge in [-0.1, -0.05) is 37.3 Å². The van der Waals surface area contributed by atoms with E-state index in [1.54, 1.807) is 6.20 Å². The predicted molar refractivity (Wildman–Crippen MR) is 112 cm³/mol. The summed E-state index contributed by atoms with van der Waals surface area (Å²) in [4.78, 5) is 4.53. The number of ether oxygens (including phenoxy) is 1. The van der Waals surface area contributed by atoms with Gasteiger partial charge in [-0.05, 0) is 56.1 Å². The Kier molecular flexibility index (Phi) is 5.09. The summed E-state index contributed by atoms with van der Waals surface area (Å²) >= 11 is 0. The molecule has 0 bridgehead atoms. The quantitative estimate of drug-likeness (QED) is 0.693.